The fourth-order valence-corrected chi connectivity index (χ4v) is 5.73. The maximum absolute atomic E-state index is 12.8. The van der Waals surface area contributed by atoms with Crippen molar-refractivity contribution in [1.29, 1.82) is 0 Å². The number of nitrogens with one attached hydrogen (secondary N) is 2. The number of ether oxygens (including phenoxy) is 1. The molecule has 0 aliphatic carbocycles. The Morgan fingerprint density at radius 2 is 1.77 bits per heavy atom. The molecule has 1 aromatic carbocycles. The number of aryl methyl sites for hydroxylation is 2. The smallest absolute Gasteiger partial charge is 0.170 e. The van der Waals surface area contributed by atoms with Gasteiger partial charge in [0, 0.05) is 48.9 Å². The van der Waals surface area contributed by atoms with Crippen LogP contribution in [0.4, 0.5) is 0 Å². The number of aliphatic hydroxyl groups excluding tert-OH is 2. The third kappa shape index (κ3) is 9.46. The van der Waals surface area contributed by atoms with Crippen molar-refractivity contribution in [2.75, 3.05) is 20.3 Å². The lowest BCUT2D eigenvalue weighted by Crippen LogP contribution is -2.30. The number of unbranched alkanes of at least 4 members (excludes halogenated alkanes) is 4. The van der Waals surface area contributed by atoms with Crippen molar-refractivity contribution >= 4 is 11.6 Å². The molecule has 0 amide bonds. The number of carbonyl (C=O) groups excluding carboxylic acids is 2. The fourth-order valence-electron chi connectivity index (χ4n) is 5.73. The Kier molecular flexibility index (Phi) is 13.3. The average Bonchev–Trinajstić information content (AvgIpc) is 3.47. The van der Waals surface area contributed by atoms with Gasteiger partial charge < -0.3 is 36.1 Å². The molecule has 236 valence electrons. The van der Waals surface area contributed by atoms with Gasteiger partial charge in [0.15, 0.2) is 29.2 Å². The van der Waals surface area contributed by atoms with Crippen LogP contribution in [0, 0.1) is 5.92 Å². The summed E-state index contributed by atoms with van der Waals surface area (Å²) in [5, 5.41) is 35.4. The Bertz CT molecular complexity index is 1280. The van der Waals surface area contributed by atoms with E-state index >= 15 is 0 Å². The van der Waals surface area contributed by atoms with Crippen molar-refractivity contribution in [3.05, 3.63) is 70.3 Å². The SMILES string of the molecule is CCCCCCCC(=O)C(O)C(=O)CCc1cc(OC)c(O)c(C(C2=CCNC(N)=C2)C(CO)Cc2ccc(CC)[nH]2)c1. The number of carbonyl (C=O) groups is 2. The Hall–Kier alpha value is -3.56. The number of phenolic OH excluding ortho intramolecular Hbond substituents is 1. The maximum Gasteiger partial charge on any atom is 0.170 e. The second-order valence-electron chi connectivity index (χ2n) is 11.4. The molecule has 1 aliphatic rings. The second kappa shape index (κ2) is 16.9. The third-order valence-corrected chi connectivity index (χ3v) is 8.22. The Labute approximate surface area is 255 Å². The molecule has 1 aliphatic heterocycles. The van der Waals surface area contributed by atoms with Crippen molar-refractivity contribution < 1.29 is 29.6 Å². The van der Waals surface area contributed by atoms with Gasteiger partial charge in [0.2, 0.25) is 0 Å². The number of hydrogen-bond acceptors (Lipinski definition) is 8. The first-order chi connectivity index (χ1) is 20.7. The molecule has 0 fully saturated rings. The molecule has 2 aromatic rings. The minimum absolute atomic E-state index is 0.0358. The molecule has 2 heterocycles. The number of dihydropyridines is 1. The number of Topliss-reactive ketones (excluding diaryl/α,β-unsaturated/α-hetero) is 2. The molecule has 3 atom stereocenters. The van der Waals surface area contributed by atoms with Crippen LogP contribution in [0.15, 0.2) is 47.8 Å². The summed E-state index contributed by atoms with van der Waals surface area (Å²) in [6, 6.07) is 7.53. The minimum atomic E-state index is -1.63. The van der Waals surface area contributed by atoms with Gasteiger partial charge in [-0.25, -0.2) is 0 Å². The van der Waals surface area contributed by atoms with E-state index in [-0.39, 0.29) is 43.3 Å². The molecule has 0 saturated carbocycles. The van der Waals surface area contributed by atoms with Gasteiger partial charge in [0.05, 0.1) is 12.9 Å². The van der Waals surface area contributed by atoms with Crippen LogP contribution in [0.5, 0.6) is 11.5 Å². The molecular formula is C34H49N3O6. The molecule has 0 spiro atoms. The van der Waals surface area contributed by atoms with Crippen LogP contribution in [-0.4, -0.2) is 58.2 Å². The zero-order chi connectivity index (χ0) is 31.4. The molecule has 0 bridgehead atoms. The molecule has 0 saturated heterocycles. The highest BCUT2D eigenvalue weighted by atomic mass is 16.5. The number of aromatic nitrogens is 1. The zero-order valence-electron chi connectivity index (χ0n) is 25.8. The van der Waals surface area contributed by atoms with Gasteiger partial charge >= 0.3 is 0 Å². The van der Waals surface area contributed by atoms with Gasteiger partial charge in [0.25, 0.3) is 0 Å². The molecule has 3 unspecified atom stereocenters. The standard InChI is InChI=1S/C34H49N3O6/c1-4-6-7-8-9-10-28(39)34(42)29(40)14-11-22-17-27(33(41)30(18-22)43-3)32(23-15-16-36-31(35)20-23)24(21-38)19-26-13-12-25(5-2)37-26/h12-13,15,17-18,20,24,32,34,36-38,41-42H,4-11,14,16,19,21,35H2,1-3H3. The number of aromatic amines is 1. The summed E-state index contributed by atoms with van der Waals surface area (Å²) in [6.07, 6.45) is 8.79. The first-order valence-corrected chi connectivity index (χ1v) is 15.5. The van der Waals surface area contributed by atoms with E-state index in [1.54, 1.807) is 6.07 Å². The number of hydrogen-bond donors (Lipinski definition) is 6. The lowest BCUT2D eigenvalue weighted by molar-refractivity contribution is -0.138. The quantitative estimate of drug-likeness (QED) is 0.103. The van der Waals surface area contributed by atoms with Crippen LogP contribution in [0.1, 0.15) is 87.2 Å². The van der Waals surface area contributed by atoms with Crippen molar-refractivity contribution in [3.63, 3.8) is 0 Å². The summed E-state index contributed by atoms with van der Waals surface area (Å²) in [7, 11) is 1.46. The van der Waals surface area contributed by atoms with E-state index in [2.05, 4.69) is 24.1 Å². The molecule has 9 heteroatoms. The molecule has 7 N–H and O–H groups in total. The lowest BCUT2D eigenvalue weighted by atomic mass is 9.76. The predicted octanol–water partition coefficient (Wildman–Crippen LogP) is 4.35. The molecule has 43 heavy (non-hydrogen) atoms. The first-order valence-electron chi connectivity index (χ1n) is 15.5. The number of nitrogens with two attached hydrogens (primary N) is 1. The maximum atomic E-state index is 12.8. The Morgan fingerprint density at radius 3 is 2.42 bits per heavy atom. The minimum Gasteiger partial charge on any atom is -0.504 e. The van der Waals surface area contributed by atoms with Gasteiger partial charge in [-0.05, 0) is 67.0 Å². The van der Waals surface area contributed by atoms with Crippen LogP contribution in [0.25, 0.3) is 0 Å². The van der Waals surface area contributed by atoms with Crippen molar-refractivity contribution in [3.8, 4) is 11.5 Å². The van der Waals surface area contributed by atoms with Crippen LogP contribution in [0.3, 0.4) is 0 Å². The van der Waals surface area contributed by atoms with Gasteiger partial charge in [-0.3, -0.25) is 9.59 Å². The van der Waals surface area contributed by atoms with Gasteiger partial charge in [-0.15, -0.1) is 0 Å². The third-order valence-electron chi connectivity index (χ3n) is 8.22. The van der Waals surface area contributed by atoms with E-state index in [9.17, 15) is 24.9 Å². The highest BCUT2D eigenvalue weighted by Crippen LogP contribution is 2.44. The highest BCUT2D eigenvalue weighted by molar-refractivity contribution is 6.05. The van der Waals surface area contributed by atoms with Crippen LogP contribution >= 0.6 is 0 Å². The van der Waals surface area contributed by atoms with Crippen LogP contribution < -0.4 is 15.8 Å². The number of rotatable bonds is 19. The van der Waals surface area contributed by atoms with Crippen molar-refractivity contribution in [2.45, 2.75) is 90.1 Å². The predicted molar refractivity (Wildman–Crippen MR) is 168 cm³/mol. The Morgan fingerprint density at radius 1 is 1.05 bits per heavy atom. The zero-order valence-corrected chi connectivity index (χ0v) is 25.8. The van der Waals surface area contributed by atoms with E-state index < -0.39 is 23.6 Å². The van der Waals surface area contributed by atoms with Crippen LogP contribution in [-0.2, 0) is 28.9 Å². The summed E-state index contributed by atoms with van der Waals surface area (Å²) in [5.74, 6) is -1.04. The van der Waals surface area contributed by atoms with E-state index in [1.807, 2.05) is 30.4 Å². The van der Waals surface area contributed by atoms with E-state index in [0.717, 1.165) is 49.1 Å². The van der Waals surface area contributed by atoms with Gasteiger partial charge in [-0.2, -0.15) is 0 Å². The monoisotopic (exact) mass is 595 g/mol. The Balaban J connectivity index is 1.86. The number of H-pyrrole nitrogens is 1. The van der Waals surface area contributed by atoms with E-state index in [4.69, 9.17) is 10.5 Å². The summed E-state index contributed by atoms with van der Waals surface area (Å²) in [5.41, 5.74) is 10.3. The topological polar surface area (TPSA) is 158 Å². The van der Waals surface area contributed by atoms with Gasteiger partial charge in [0.1, 0.15) is 0 Å². The molecule has 0 radical (unpaired) electrons. The second-order valence-corrected chi connectivity index (χ2v) is 11.4. The molecule has 1 aromatic heterocycles. The number of methoxy groups -OCH3 is 1. The average molecular weight is 596 g/mol. The number of allylic oxidation sites excluding steroid dienone is 2. The van der Waals surface area contributed by atoms with Crippen molar-refractivity contribution in [1.82, 2.24) is 10.3 Å². The summed E-state index contributed by atoms with van der Waals surface area (Å²) in [4.78, 5) is 28.6. The summed E-state index contributed by atoms with van der Waals surface area (Å²) >= 11 is 0. The van der Waals surface area contributed by atoms with Gasteiger partial charge in [-0.1, -0.05) is 51.7 Å². The van der Waals surface area contributed by atoms with E-state index in [1.165, 1.54) is 7.11 Å². The number of benzene rings is 1. The number of aromatic hydroxyl groups is 1. The normalized spacial score (nSPS) is 15.2. The number of ketones is 2. The molecular weight excluding hydrogens is 546 g/mol. The molecule has 9 nitrogen and oxygen atoms in total. The number of aliphatic hydroxyl groups is 2. The first kappa shape index (κ1) is 33.9. The summed E-state index contributed by atoms with van der Waals surface area (Å²) < 4.78 is 5.52. The largest absolute Gasteiger partial charge is 0.504 e. The van der Waals surface area contributed by atoms with Crippen LogP contribution in [0.2, 0.25) is 0 Å². The fraction of sp³-hybridized carbons (Fsp3) is 0.529. The molecule has 3 rings (SSSR count). The lowest BCUT2D eigenvalue weighted by Gasteiger charge is -2.30. The summed E-state index contributed by atoms with van der Waals surface area (Å²) in [6.45, 7) is 4.54. The van der Waals surface area contributed by atoms with E-state index in [0.29, 0.717) is 36.3 Å². The van der Waals surface area contributed by atoms with Crippen molar-refractivity contribution in [2.24, 2.45) is 11.7 Å². The number of phenols is 1. The highest BCUT2D eigenvalue weighted by Gasteiger charge is 2.31.